The van der Waals surface area contributed by atoms with E-state index in [4.69, 9.17) is 9.47 Å². The quantitative estimate of drug-likeness (QED) is 0.619. The van der Waals surface area contributed by atoms with Crippen LogP contribution in [0, 0.1) is 0 Å². The summed E-state index contributed by atoms with van der Waals surface area (Å²) in [6, 6.07) is 9.07. The zero-order valence-corrected chi connectivity index (χ0v) is 11.8. The van der Waals surface area contributed by atoms with Crippen LogP contribution in [0.15, 0.2) is 30.3 Å². The Kier molecular flexibility index (Phi) is 5.85. The fourth-order valence-electron chi connectivity index (χ4n) is 1.46. The lowest BCUT2D eigenvalue weighted by molar-refractivity contribution is -0.152. The second kappa shape index (κ2) is 7.16. The zero-order valence-electron chi connectivity index (χ0n) is 10.3. The number of rotatable bonds is 5. The molecule has 0 saturated carbocycles. The van der Waals surface area contributed by atoms with Crippen LogP contribution in [-0.2, 0) is 19.1 Å². The fraction of sp³-hybridized carbons (Fsp3) is 0.385. The molecule has 1 aromatic rings. The smallest absolute Gasteiger partial charge is 0.323 e. The normalized spacial score (nSPS) is 13.5. The molecule has 0 heterocycles. The van der Waals surface area contributed by atoms with Crippen LogP contribution in [0.3, 0.4) is 0 Å². The van der Waals surface area contributed by atoms with E-state index >= 15 is 0 Å². The van der Waals surface area contributed by atoms with Gasteiger partial charge in [-0.05, 0) is 12.5 Å². The largest absolute Gasteiger partial charge is 0.465 e. The van der Waals surface area contributed by atoms with Gasteiger partial charge in [-0.15, -0.1) is 0 Å². The molecule has 1 aromatic carbocycles. The molecule has 0 aliphatic carbocycles. The van der Waals surface area contributed by atoms with Crippen molar-refractivity contribution in [2.24, 2.45) is 0 Å². The molecule has 98 valence electrons. The van der Waals surface area contributed by atoms with Gasteiger partial charge in [-0.2, -0.15) is 0 Å². The van der Waals surface area contributed by atoms with E-state index in [0.717, 1.165) is 5.56 Å². The number of ether oxygens (including phenoxy) is 2. The number of alkyl halides is 1. The zero-order chi connectivity index (χ0) is 13.5. The maximum atomic E-state index is 11.7. The van der Waals surface area contributed by atoms with Crippen LogP contribution in [0.25, 0.3) is 0 Å². The lowest BCUT2D eigenvalue weighted by atomic mass is 10.1. The van der Waals surface area contributed by atoms with Crippen LogP contribution < -0.4 is 0 Å². The van der Waals surface area contributed by atoms with Gasteiger partial charge in [0.25, 0.3) is 0 Å². The third-order valence-corrected chi connectivity index (χ3v) is 3.05. The molecule has 0 saturated heterocycles. The standard InChI is InChI=1S/C13H15BrO4/c1-3-17-13(16)11(14)12(18-9(2)15)10-7-5-4-6-8-10/h4-8,11-12H,3H2,1-2H3. The predicted molar refractivity (Wildman–Crippen MR) is 70.3 cm³/mol. The van der Waals surface area contributed by atoms with E-state index in [2.05, 4.69) is 15.9 Å². The molecule has 0 amide bonds. The molecule has 0 aliphatic rings. The van der Waals surface area contributed by atoms with E-state index in [1.807, 2.05) is 18.2 Å². The molecule has 1 rings (SSSR count). The number of hydrogen-bond donors (Lipinski definition) is 0. The van der Waals surface area contributed by atoms with Gasteiger partial charge in [0.2, 0.25) is 0 Å². The summed E-state index contributed by atoms with van der Waals surface area (Å²) in [5.41, 5.74) is 0.739. The first-order valence-electron chi connectivity index (χ1n) is 5.59. The van der Waals surface area contributed by atoms with E-state index < -0.39 is 22.9 Å². The van der Waals surface area contributed by atoms with Gasteiger partial charge in [-0.1, -0.05) is 46.3 Å². The Morgan fingerprint density at radius 3 is 2.39 bits per heavy atom. The molecule has 4 nitrogen and oxygen atoms in total. The van der Waals surface area contributed by atoms with Crippen LogP contribution >= 0.6 is 15.9 Å². The first-order valence-corrected chi connectivity index (χ1v) is 6.50. The van der Waals surface area contributed by atoms with Crippen molar-refractivity contribution >= 4 is 27.9 Å². The summed E-state index contributed by atoms with van der Waals surface area (Å²) in [5, 5.41) is 0. The summed E-state index contributed by atoms with van der Waals surface area (Å²) in [6.07, 6.45) is -0.692. The Labute approximate surface area is 114 Å². The number of esters is 2. The van der Waals surface area contributed by atoms with Crippen LogP contribution in [-0.4, -0.2) is 23.4 Å². The van der Waals surface area contributed by atoms with E-state index in [1.165, 1.54) is 6.92 Å². The van der Waals surface area contributed by atoms with E-state index in [-0.39, 0.29) is 6.61 Å². The third-order valence-electron chi connectivity index (χ3n) is 2.20. The number of benzene rings is 1. The molecule has 0 aliphatic heterocycles. The van der Waals surface area contributed by atoms with Crippen molar-refractivity contribution in [3.63, 3.8) is 0 Å². The maximum Gasteiger partial charge on any atom is 0.323 e. The van der Waals surface area contributed by atoms with E-state index in [0.29, 0.717) is 0 Å². The number of hydrogen-bond acceptors (Lipinski definition) is 4. The van der Waals surface area contributed by atoms with Crippen LogP contribution in [0.1, 0.15) is 25.5 Å². The minimum absolute atomic E-state index is 0.280. The van der Waals surface area contributed by atoms with Gasteiger partial charge in [0, 0.05) is 6.92 Å². The van der Waals surface area contributed by atoms with E-state index in [1.54, 1.807) is 19.1 Å². The molecule has 2 unspecified atom stereocenters. The van der Waals surface area contributed by atoms with E-state index in [9.17, 15) is 9.59 Å². The third kappa shape index (κ3) is 4.14. The highest BCUT2D eigenvalue weighted by molar-refractivity contribution is 9.10. The van der Waals surface area contributed by atoms with Crippen molar-refractivity contribution in [2.75, 3.05) is 6.61 Å². The second-order valence-electron chi connectivity index (χ2n) is 3.59. The Bertz CT molecular complexity index is 405. The summed E-state index contributed by atoms with van der Waals surface area (Å²) in [5.74, 6) is -0.898. The molecule has 0 bridgehead atoms. The molecule has 0 radical (unpaired) electrons. The summed E-state index contributed by atoms with van der Waals surface area (Å²) in [7, 11) is 0. The van der Waals surface area contributed by atoms with Gasteiger partial charge < -0.3 is 9.47 Å². The topological polar surface area (TPSA) is 52.6 Å². The summed E-state index contributed by atoms with van der Waals surface area (Å²) < 4.78 is 10.1. The first kappa shape index (κ1) is 14.7. The van der Waals surface area contributed by atoms with Crippen LogP contribution in [0.5, 0.6) is 0 Å². The Morgan fingerprint density at radius 2 is 1.89 bits per heavy atom. The SMILES string of the molecule is CCOC(=O)C(Br)C(OC(C)=O)c1ccccc1. The van der Waals surface area contributed by atoms with Gasteiger partial charge >= 0.3 is 11.9 Å². The summed E-state index contributed by atoms with van der Waals surface area (Å²) in [4.78, 5) is 22.1. The average molecular weight is 315 g/mol. The molecule has 0 fully saturated rings. The lowest BCUT2D eigenvalue weighted by Gasteiger charge is -2.21. The molecule has 18 heavy (non-hydrogen) atoms. The molecular formula is C13H15BrO4. The Hall–Kier alpha value is -1.36. The minimum Gasteiger partial charge on any atom is -0.465 e. The predicted octanol–water partition coefficient (Wildman–Crippen LogP) is 2.62. The molecule has 0 aromatic heterocycles. The highest BCUT2D eigenvalue weighted by Crippen LogP contribution is 2.27. The molecule has 0 N–H and O–H groups in total. The van der Waals surface area contributed by atoms with Gasteiger partial charge in [-0.3, -0.25) is 9.59 Å². The molecule has 0 spiro atoms. The van der Waals surface area contributed by atoms with Crippen molar-refractivity contribution in [3.8, 4) is 0 Å². The average Bonchev–Trinajstić information content (AvgIpc) is 2.36. The van der Waals surface area contributed by atoms with Gasteiger partial charge in [-0.25, -0.2) is 0 Å². The molecular weight excluding hydrogens is 300 g/mol. The lowest BCUT2D eigenvalue weighted by Crippen LogP contribution is -2.27. The fourth-order valence-corrected chi connectivity index (χ4v) is 2.01. The van der Waals surface area contributed by atoms with Crippen LogP contribution in [0.4, 0.5) is 0 Å². The van der Waals surface area contributed by atoms with Crippen LogP contribution in [0.2, 0.25) is 0 Å². The minimum atomic E-state index is -0.719. The summed E-state index contributed by atoms with van der Waals surface area (Å²) >= 11 is 3.22. The highest BCUT2D eigenvalue weighted by atomic mass is 79.9. The Balaban J connectivity index is 2.91. The van der Waals surface area contributed by atoms with Gasteiger partial charge in [0.1, 0.15) is 6.10 Å². The first-order chi connectivity index (χ1) is 8.56. The molecule has 5 heteroatoms. The number of halogens is 1. The summed E-state index contributed by atoms with van der Waals surface area (Å²) in [6.45, 7) is 3.31. The van der Waals surface area contributed by atoms with Gasteiger partial charge in [0.15, 0.2) is 4.83 Å². The number of carbonyl (C=O) groups is 2. The van der Waals surface area contributed by atoms with Crippen molar-refractivity contribution in [1.29, 1.82) is 0 Å². The maximum absolute atomic E-state index is 11.7. The highest BCUT2D eigenvalue weighted by Gasteiger charge is 2.30. The van der Waals surface area contributed by atoms with Gasteiger partial charge in [0.05, 0.1) is 6.61 Å². The molecule has 2 atom stereocenters. The second-order valence-corrected chi connectivity index (χ2v) is 4.58. The van der Waals surface area contributed by atoms with Crippen molar-refractivity contribution < 1.29 is 19.1 Å². The van der Waals surface area contributed by atoms with Crippen molar-refractivity contribution in [3.05, 3.63) is 35.9 Å². The Morgan fingerprint density at radius 1 is 1.28 bits per heavy atom. The van der Waals surface area contributed by atoms with Crippen molar-refractivity contribution in [2.45, 2.75) is 24.8 Å². The number of carbonyl (C=O) groups excluding carboxylic acids is 2. The monoisotopic (exact) mass is 314 g/mol. The van der Waals surface area contributed by atoms with Crippen molar-refractivity contribution in [1.82, 2.24) is 0 Å².